The molecule has 0 bridgehead atoms. The number of thioether (sulfide) groups is 1. The Hall–Kier alpha value is -2.19. The molecule has 2 aromatic carbocycles. The Morgan fingerprint density at radius 2 is 1.77 bits per heavy atom. The van der Waals surface area contributed by atoms with Crippen LogP contribution in [0, 0.1) is 0 Å². The summed E-state index contributed by atoms with van der Waals surface area (Å²) in [6.45, 7) is 2.13. The number of aryl methyl sites for hydroxylation is 1. The molecule has 0 spiro atoms. The van der Waals surface area contributed by atoms with Crippen LogP contribution in [0.15, 0.2) is 41.3 Å². The highest BCUT2D eigenvalue weighted by Crippen LogP contribution is 2.31. The third kappa shape index (κ3) is 6.64. The summed E-state index contributed by atoms with van der Waals surface area (Å²) in [5, 5.41) is 12.9. The zero-order chi connectivity index (χ0) is 22.4. The summed E-state index contributed by atoms with van der Waals surface area (Å²) in [6, 6.07) is 10.4. The third-order valence-corrected chi connectivity index (χ3v) is 5.85. The number of imide groups is 1. The van der Waals surface area contributed by atoms with Crippen LogP contribution in [0.2, 0.25) is 10.0 Å². The lowest BCUT2D eigenvalue weighted by molar-refractivity contribution is -0.115. The first-order valence-electron chi connectivity index (χ1n) is 9.62. The molecule has 0 aliphatic carbocycles. The van der Waals surface area contributed by atoms with Crippen LogP contribution in [0.5, 0.6) is 11.5 Å². The minimum absolute atomic E-state index is 0.0393. The van der Waals surface area contributed by atoms with Gasteiger partial charge in [0.05, 0.1) is 15.0 Å². The average molecular weight is 482 g/mol. The van der Waals surface area contributed by atoms with Crippen molar-refractivity contribution >= 4 is 52.2 Å². The summed E-state index contributed by atoms with van der Waals surface area (Å²) in [4.78, 5) is 23.1. The van der Waals surface area contributed by atoms with E-state index in [0.717, 1.165) is 35.7 Å². The minimum Gasteiger partial charge on any atom is -0.491 e. The highest BCUT2D eigenvalue weighted by molar-refractivity contribution is 8.18. The van der Waals surface area contributed by atoms with Gasteiger partial charge in [-0.3, -0.25) is 14.9 Å². The van der Waals surface area contributed by atoms with E-state index < -0.39 is 12.0 Å². The molecule has 1 fully saturated rings. The van der Waals surface area contributed by atoms with Crippen LogP contribution in [0.1, 0.15) is 24.5 Å². The lowest BCUT2D eigenvalue weighted by Crippen LogP contribution is -2.25. The van der Waals surface area contributed by atoms with E-state index in [1.54, 1.807) is 42.5 Å². The molecule has 1 saturated heterocycles. The summed E-state index contributed by atoms with van der Waals surface area (Å²) in [5.41, 5.74) is 1.69. The Morgan fingerprint density at radius 1 is 1.10 bits per heavy atom. The number of benzene rings is 2. The second kappa shape index (κ2) is 10.9. The van der Waals surface area contributed by atoms with Gasteiger partial charge in [-0.25, -0.2) is 0 Å². The van der Waals surface area contributed by atoms with Crippen LogP contribution in [0.25, 0.3) is 6.08 Å². The molecule has 1 aliphatic heterocycles. The van der Waals surface area contributed by atoms with Crippen LogP contribution in [-0.2, 0) is 11.2 Å². The molecule has 1 heterocycles. The van der Waals surface area contributed by atoms with Gasteiger partial charge in [0, 0.05) is 6.07 Å². The van der Waals surface area contributed by atoms with Crippen LogP contribution >= 0.6 is 35.0 Å². The van der Waals surface area contributed by atoms with E-state index in [1.165, 1.54) is 0 Å². The first kappa shape index (κ1) is 23.5. The Balaban J connectivity index is 1.52. The van der Waals surface area contributed by atoms with Crippen molar-refractivity contribution in [3.05, 3.63) is 62.5 Å². The molecule has 3 rings (SSSR count). The second-order valence-electron chi connectivity index (χ2n) is 6.82. The Labute approximate surface area is 194 Å². The van der Waals surface area contributed by atoms with Crippen molar-refractivity contribution in [3.63, 3.8) is 0 Å². The smallest absolute Gasteiger partial charge is 0.290 e. The molecular formula is C22H21Cl2NO5S. The maximum Gasteiger partial charge on any atom is 0.290 e. The summed E-state index contributed by atoms with van der Waals surface area (Å²) in [7, 11) is 0. The molecule has 164 valence electrons. The number of aliphatic hydroxyl groups is 1. The molecule has 1 atom stereocenters. The maximum atomic E-state index is 11.6. The summed E-state index contributed by atoms with van der Waals surface area (Å²) < 4.78 is 11.3. The third-order valence-electron chi connectivity index (χ3n) is 4.32. The minimum atomic E-state index is -0.852. The van der Waals surface area contributed by atoms with Crippen molar-refractivity contribution in [2.75, 3.05) is 13.2 Å². The zero-order valence-electron chi connectivity index (χ0n) is 16.7. The molecule has 9 heteroatoms. The highest BCUT2D eigenvalue weighted by atomic mass is 35.5. The van der Waals surface area contributed by atoms with Gasteiger partial charge in [0.1, 0.15) is 30.8 Å². The Bertz CT molecular complexity index is 994. The van der Waals surface area contributed by atoms with E-state index >= 15 is 0 Å². The van der Waals surface area contributed by atoms with Crippen LogP contribution in [-0.4, -0.2) is 35.6 Å². The molecule has 2 amide bonds. The van der Waals surface area contributed by atoms with Crippen LogP contribution in [0.3, 0.4) is 0 Å². The quantitative estimate of drug-likeness (QED) is 0.485. The lowest BCUT2D eigenvalue weighted by atomic mass is 10.1. The van der Waals surface area contributed by atoms with E-state index in [4.69, 9.17) is 32.7 Å². The predicted octanol–water partition coefficient (Wildman–Crippen LogP) is 5.09. The number of amides is 2. The van der Waals surface area contributed by atoms with Crippen LogP contribution < -0.4 is 14.8 Å². The average Bonchev–Trinajstić information content (AvgIpc) is 3.05. The predicted molar refractivity (Wildman–Crippen MR) is 123 cm³/mol. The van der Waals surface area contributed by atoms with Gasteiger partial charge in [0.15, 0.2) is 0 Å². The van der Waals surface area contributed by atoms with E-state index in [9.17, 15) is 14.7 Å². The number of aliphatic hydroxyl groups excluding tert-OH is 1. The van der Waals surface area contributed by atoms with Gasteiger partial charge in [-0.1, -0.05) is 48.7 Å². The number of rotatable bonds is 9. The largest absolute Gasteiger partial charge is 0.491 e. The van der Waals surface area contributed by atoms with Crippen molar-refractivity contribution in [2.24, 2.45) is 0 Å². The number of hydrogen-bond acceptors (Lipinski definition) is 6. The van der Waals surface area contributed by atoms with Gasteiger partial charge in [0.2, 0.25) is 0 Å². The fourth-order valence-electron chi connectivity index (χ4n) is 2.83. The maximum absolute atomic E-state index is 11.6. The van der Waals surface area contributed by atoms with Gasteiger partial charge < -0.3 is 14.6 Å². The molecule has 0 radical (unpaired) electrons. The van der Waals surface area contributed by atoms with Crippen molar-refractivity contribution in [3.8, 4) is 11.5 Å². The molecule has 2 N–H and O–H groups in total. The summed E-state index contributed by atoms with van der Waals surface area (Å²) in [6.07, 6.45) is 2.49. The molecular weight excluding hydrogens is 461 g/mol. The standard InChI is InChI=1S/C22H21Cl2NO5S/c1-2-3-14-9-17(23)18(24)10-19(14)30-12-15(26)11-29-16-6-4-13(5-7-16)8-20-21(27)25-22(28)31-20/h4-10,15,26H,2-3,11-12H2,1H3,(H,25,27,28)/b20-8-/t15-/m1/s1. The first-order valence-corrected chi connectivity index (χ1v) is 11.2. The highest BCUT2D eigenvalue weighted by Gasteiger charge is 2.24. The number of hydrogen-bond donors (Lipinski definition) is 2. The lowest BCUT2D eigenvalue weighted by Gasteiger charge is -2.16. The topological polar surface area (TPSA) is 84.9 Å². The van der Waals surface area contributed by atoms with Gasteiger partial charge in [0.25, 0.3) is 11.1 Å². The normalized spacial score (nSPS) is 15.8. The molecule has 1 aliphatic rings. The number of carbonyl (C=O) groups is 2. The van der Waals surface area contributed by atoms with Crippen molar-refractivity contribution in [2.45, 2.75) is 25.9 Å². The summed E-state index contributed by atoms with van der Waals surface area (Å²) >= 11 is 13.0. The number of halogens is 2. The molecule has 0 aromatic heterocycles. The van der Waals surface area contributed by atoms with Crippen molar-refractivity contribution < 1.29 is 24.2 Å². The summed E-state index contributed by atoms with van der Waals surface area (Å²) in [5.74, 6) is 0.754. The zero-order valence-corrected chi connectivity index (χ0v) is 19.0. The number of nitrogens with one attached hydrogen (secondary N) is 1. The van der Waals surface area contributed by atoms with Gasteiger partial charge in [-0.05, 0) is 53.6 Å². The Morgan fingerprint density at radius 3 is 2.42 bits per heavy atom. The monoisotopic (exact) mass is 481 g/mol. The van der Waals surface area contributed by atoms with Crippen molar-refractivity contribution in [1.82, 2.24) is 5.32 Å². The van der Waals surface area contributed by atoms with E-state index in [0.29, 0.717) is 26.4 Å². The van der Waals surface area contributed by atoms with E-state index in [1.807, 2.05) is 0 Å². The molecule has 0 unspecified atom stereocenters. The fraction of sp³-hybridized carbons (Fsp3) is 0.273. The molecule has 6 nitrogen and oxygen atoms in total. The molecule has 2 aromatic rings. The fourth-order valence-corrected chi connectivity index (χ4v) is 3.85. The van der Waals surface area contributed by atoms with E-state index in [-0.39, 0.29) is 18.5 Å². The van der Waals surface area contributed by atoms with Crippen LogP contribution in [0.4, 0.5) is 4.79 Å². The molecule has 31 heavy (non-hydrogen) atoms. The van der Waals surface area contributed by atoms with E-state index in [2.05, 4.69) is 12.2 Å². The van der Waals surface area contributed by atoms with Gasteiger partial charge in [-0.2, -0.15) is 0 Å². The van der Waals surface area contributed by atoms with Gasteiger partial charge in [-0.15, -0.1) is 0 Å². The first-order chi connectivity index (χ1) is 14.9. The second-order valence-corrected chi connectivity index (χ2v) is 8.65. The Kier molecular flexibility index (Phi) is 8.26. The molecule has 0 saturated carbocycles. The van der Waals surface area contributed by atoms with Crippen molar-refractivity contribution in [1.29, 1.82) is 0 Å². The number of ether oxygens (including phenoxy) is 2. The number of carbonyl (C=O) groups excluding carboxylic acids is 2. The van der Waals surface area contributed by atoms with Gasteiger partial charge >= 0.3 is 0 Å². The SMILES string of the molecule is CCCc1cc(Cl)c(Cl)cc1OC[C@H](O)COc1ccc(/C=C2\SC(=O)NC2=O)cc1.